The van der Waals surface area contributed by atoms with E-state index in [2.05, 4.69) is 34.0 Å². The van der Waals surface area contributed by atoms with Gasteiger partial charge in [-0.25, -0.2) is 0 Å². The van der Waals surface area contributed by atoms with E-state index < -0.39 is 0 Å². The minimum atomic E-state index is 0.250. The van der Waals surface area contributed by atoms with Gasteiger partial charge in [0.2, 0.25) is 0 Å². The molecule has 0 aromatic heterocycles. The normalized spacial score (nSPS) is 16.3. The van der Waals surface area contributed by atoms with E-state index in [1.807, 2.05) is 24.3 Å². The quantitative estimate of drug-likeness (QED) is 0.885. The van der Waals surface area contributed by atoms with Crippen molar-refractivity contribution in [3.8, 4) is 5.75 Å². The highest BCUT2D eigenvalue weighted by Crippen LogP contribution is 2.21. The summed E-state index contributed by atoms with van der Waals surface area (Å²) in [5, 5.41) is 9.72. The first-order chi connectivity index (χ1) is 10.7. The first-order valence-electron chi connectivity index (χ1n) is 7.58. The fourth-order valence-electron chi connectivity index (χ4n) is 2.55. The number of para-hydroxylation sites is 1. The fraction of sp³-hybridized carbons (Fsp3) is 0.278. The van der Waals surface area contributed by atoms with E-state index in [0.717, 1.165) is 37.4 Å². The van der Waals surface area contributed by atoms with Crippen LogP contribution in [0, 0.1) is 0 Å². The maximum Gasteiger partial charge on any atom is 0.124 e. The number of hydrogen-bond donors (Lipinski definition) is 1. The first-order valence-corrected chi connectivity index (χ1v) is 7.58. The van der Waals surface area contributed by atoms with E-state index >= 15 is 0 Å². The molecule has 3 rings (SSSR count). The Morgan fingerprint density at radius 2 is 1.64 bits per heavy atom. The summed E-state index contributed by atoms with van der Waals surface area (Å²) in [5.74, 6) is 0.250. The monoisotopic (exact) mass is 295 g/mol. The van der Waals surface area contributed by atoms with Crippen LogP contribution in [-0.2, 0) is 0 Å². The third-order valence-electron chi connectivity index (χ3n) is 4.01. The summed E-state index contributed by atoms with van der Waals surface area (Å²) in [5.41, 5.74) is 2.86. The Morgan fingerprint density at radius 3 is 2.32 bits per heavy atom. The van der Waals surface area contributed by atoms with E-state index in [1.54, 1.807) is 18.3 Å². The summed E-state index contributed by atoms with van der Waals surface area (Å²) >= 11 is 0. The van der Waals surface area contributed by atoms with Gasteiger partial charge in [0.05, 0.1) is 5.69 Å². The molecule has 1 heterocycles. The number of rotatable bonds is 3. The van der Waals surface area contributed by atoms with Gasteiger partial charge in [-0.05, 0) is 43.4 Å². The Morgan fingerprint density at radius 1 is 0.955 bits per heavy atom. The molecule has 0 unspecified atom stereocenters. The molecule has 4 nitrogen and oxygen atoms in total. The van der Waals surface area contributed by atoms with Crippen molar-refractivity contribution in [3.05, 3.63) is 54.1 Å². The Bertz CT molecular complexity index is 644. The Balaban J connectivity index is 1.68. The van der Waals surface area contributed by atoms with Crippen LogP contribution in [0.25, 0.3) is 0 Å². The average Bonchev–Trinajstić information content (AvgIpc) is 2.55. The van der Waals surface area contributed by atoms with Crippen molar-refractivity contribution in [2.45, 2.75) is 0 Å². The Hall–Kier alpha value is -2.33. The molecular weight excluding hydrogens is 274 g/mol. The lowest BCUT2D eigenvalue weighted by Gasteiger charge is -2.34. The summed E-state index contributed by atoms with van der Waals surface area (Å²) in [6.45, 7) is 4.34. The third-order valence-corrected chi connectivity index (χ3v) is 4.01. The summed E-state index contributed by atoms with van der Waals surface area (Å²) in [6.07, 6.45) is 1.69. The number of aromatic hydroxyl groups is 1. The number of phenols is 1. The Labute approximate surface area is 131 Å². The van der Waals surface area contributed by atoms with Gasteiger partial charge in [0.15, 0.2) is 0 Å². The number of likely N-dealkylation sites (N-methyl/N-ethyl adjacent to an activating group) is 1. The van der Waals surface area contributed by atoms with Gasteiger partial charge < -0.3 is 14.9 Å². The van der Waals surface area contributed by atoms with Crippen molar-refractivity contribution in [1.29, 1.82) is 0 Å². The molecule has 0 saturated carbocycles. The highest BCUT2D eigenvalue weighted by atomic mass is 16.3. The molecule has 4 heteroatoms. The summed E-state index contributed by atoms with van der Waals surface area (Å²) < 4.78 is 0. The minimum absolute atomic E-state index is 0.250. The van der Waals surface area contributed by atoms with E-state index in [4.69, 9.17) is 0 Å². The molecule has 0 radical (unpaired) electrons. The van der Waals surface area contributed by atoms with E-state index in [1.165, 1.54) is 5.69 Å². The number of phenolic OH excluding ortho intramolecular Hbond substituents is 1. The molecule has 1 N–H and O–H groups in total. The highest BCUT2D eigenvalue weighted by molar-refractivity contribution is 5.85. The van der Waals surface area contributed by atoms with Crippen LogP contribution in [0.2, 0.25) is 0 Å². The molecule has 0 atom stereocenters. The molecule has 0 bridgehead atoms. The number of anilines is 1. The predicted octanol–water partition coefficient (Wildman–Crippen LogP) is 2.89. The lowest BCUT2D eigenvalue weighted by molar-refractivity contribution is 0.313. The van der Waals surface area contributed by atoms with Crippen molar-refractivity contribution >= 4 is 17.6 Å². The minimum Gasteiger partial charge on any atom is -0.507 e. The van der Waals surface area contributed by atoms with Gasteiger partial charge in [0, 0.05) is 43.6 Å². The number of hydrogen-bond acceptors (Lipinski definition) is 4. The maximum absolute atomic E-state index is 9.72. The largest absolute Gasteiger partial charge is 0.507 e. The van der Waals surface area contributed by atoms with Crippen molar-refractivity contribution in [2.24, 2.45) is 4.99 Å². The molecule has 1 aliphatic heterocycles. The zero-order valence-electron chi connectivity index (χ0n) is 12.8. The summed E-state index contributed by atoms with van der Waals surface area (Å²) in [7, 11) is 2.16. The molecule has 2 aromatic carbocycles. The van der Waals surface area contributed by atoms with Crippen LogP contribution >= 0.6 is 0 Å². The first kappa shape index (κ1) is 14.6. The molecular formula is C18H21N3O. The van der Waals surface area contributed by atoms with Gasteiger partial charge in [0.25, 0.3) is 0 Å². The Kier molecular flexibility index (Phi) is 4.39. The van der Waals surface area contributed by atoms with Gasteiger partial charge in [0.1, 0.15) is 5.75 Å². The van der Waals surface area contributed by atoms with Crippen LogP contribution in [0.5, 0.6) is 5.75 Å². The molecule has 114 valence electrons. The standard InChI is InChI=1S/C18H21N3O/c1-20-10-12-21(13-11-20)17-8-6-16(7-9-17)19-14-15-4-2-3-5-18(15)22/h2-9,14,22H,10-13H2,1H3. The fourth-order valence-corrected chi connectivity index (χ4v) is 2.55. The lowest BCUT2D eigenvalue weighted by Crippen LogP contribution is -2.44. The van der Waals surface area contributed by atoms with E-state index in [0.29, 0.717) is 0 Å². The van der Waals surface area contributed by atoms with Crippen LogP contribution in [0.3, 0.4) is 0 Å². The lowest BCUT2D eigenvalue weighted by atomic mass is 10.2. The van der Waals surface area contributed by atoms with Crippen LogP contribution in [0.4, 0.5) is 11.4 Å². The van der Waals surface area contributed by atoms with Crippen LogP contribution < -0.4 is 4.90 Å². The van der Waals surface area contributed by atoms with Gasteiger partial charge in [-0.1, -0.05) is 12.1 Å². The number of nitrogens with zero attached hydrogens (tertiary/aromatic N) is 3. The van der Waals surface area contributed by atoms with Crippen LogP contribution in [-0.4, -0.2) is 49.4 Å². The zero-order chi connectivity index (χ0) is 15.4. The second kappa shape index (κ2) is 6.62. The predicted molar refractivity (Wildman–Crippen MR) is 91.5 cm³/mol. The van der Waals surface area contributed by atoms with Gasteiger partial charge >= 0.3 is 0 Å². The third kappa shape index (κ3) is 3.46. The molecule has 1 saturated heterocycles. The van der Waals surface area contributed by atoms with Crippen molar-refractivity contribution in [1.82, 2.24) is 4.90 Å². The smallest absolute Gasteiger partial charge is 0.124 e. The average molecular weight is 295 g/mol. The second-order valence-electron chi connectivity index (χ2n) is 5.62. The van der Waals surface area contributed by atoms with Crippen molar-refractivity contribution < 1.29 is 5.11 Å². The molecule has 0 aliphatic carbocycles. The molecule has 1 fully saturated rings. The summed E-state index contributed by atoms with van der Waals surface area (Å²) in [6, 6.07) is 15.5. The zero-order valence-corrected chi connectivity index (χ0v) is 12.8. The number of benzene rings is 2. The summed E-state index contributed by atoms with van der Waals surface area (Å²) in [4.78, 5) is 9.17. The van der Waals surface area contributed by atoms with Crippen LogP contribution in [0.15, 0.2) is 53.5 Å². The molecule has 1 aliphatic rings. The SMILES string of the molecule is CN1CCN(c2ccc(N=Cc3ccccc3O)cc2)CC1. The van der Waals surface area contributed by atoms with Gasteiger partial charge in [-0.15, -0.1) is 0 Å². The molecule has 2 aromatic rings. The molecule has 0 spiro atoms. The molecule has 0 amide bonds. The molecule has 22 heavy (non-hydrogen) atoms. The van der Waals surface area contributed by atoms with E-state index in [-0.39, 0.29) is 5.75 Å². The van der Waals surface area contributed by atoms with Crippen LogP contribution in [0.1, 0.15) is 5.56 Å². The van der Waals surface area contributed by atoms with Gasteiger partial charge in [-0.3, -0.25) is 4.99 Å². The second-order valence-corrected chi connectivity index (χ2v) is 5.62. The topological polar surface area (TPSA) is 39.1 Å². The van der Waals surface area contributed by atoms with Crippen molar-refractivity contribution in [3.63, 3.8) is 0 Å². The number of piperazine rings is 1. The maximum atomic E-state index is 9.72. The van der Waals surface area contributed by atoms with E-state index in [9.17, 15) is 5.11 Å². The van der Waals surface area contributed by atoms with Crippen molar-refractivity contribution in [2.75, 3.05) is 38.1 Å². The number of aliphatic imine (C=N–C) groups is 1. The van der Waals surface area contributed by atoms with Gasteiger partial charge in [-0.2, -0.15) is 0 Å². The highest BCUT2D eigenvalue weighted by Gasteiger charge is 2.13.